The second-order valence-electron chi connectivity index (χ2n) is 6.43. The Balaban J connectivity index is 2.17. The number of anilines is 2. The number of hydrogen-bond acceptors (Lipinski definition) is 5. The summed E-state index contributed by atoms with van der Waals surface area (Å²) in [6.07, 6.45) is 0. The van der Waals surface area contributed by atoms with Gasteiger partial charge < -0.3 is 15.4 Å². The maximum absolute atomic E-state index is 12.4. The van der Waals surface area contributed by atoms with Crippen molar-refractivity contribution in [2.75, 3.05) is 17.7 Å². The minimum Gasteiger partial charge on any atom is -0.495 e. The number of carbonyl (C=O) groups is 1. The lowest BCUT2D eigenvalue weighted by molar-refractivity contribution is 0.102. The molecule has 1 amide bonds. The molecule has 2 aromatic rings. The van der Waals surface area contributed by atoms with E-state index in [-0.39, 0.29) is 17.1 Å². The number of carbonyl (C=O) groups excluding carboxylic acids is 1. The van der Waals surface area contributed by atoms with E-state index in [1.807, 2.05) is 27.7 Å². The summed E-state index contributed by atoms with van der Waals surface area (Å²) in [5, 5.41) is 14.5. The monoisotopic (exact) mass is 348 g/mol. The van der Waals surface area contributed by atoms with E-state index in [1.54, 1.807) is 24.3 Å². The number of nitrogens with zero attached hydrogens (tertiary/aromatic N) is 2. The summed E-state index contributed by atoms with van der Waals surface area (Å²) in [5.74, 6) is 0.724. The van der Waals surface area contributed by atoms with Crippen LogP contribution in [0, 0.1) is 6.92 Å². The van der Waals surface area contributed by atoms with Crippen LogP contribution >= 0.6 is 11.6 Å². The second kappa shape index (κ2) is 7.05. The van der Waals surface area contributed by atoms with Gasteiger partial charge in [-0.3, -0.25) is 4.79 Å². The quantitative estimate of drug-likeness (QED) is 0.876. The number of amides is 1. The van der Waals surface area contributed by atoms with Crippen molar-refractivity contribution in [1.29, 1.82) is 0 Å². The van der Waals surface area contributed by atoms with Crippen molar-refractivity contribution in [3.05, 3.63) is 40.5 Å². The van der Waals surface area contributed by atoms with Gasteiger partial charge >= 0.3 is 0 Å². The summed E-state index contributed by atoms with van der Waals surface area (Å²) in [7, 11) is 1.52. The van der Waals surface area contributed by atoms with Gasteiger partial charge in [0, 0.05) is 16.6 Å². The lowest BCUT2D eigenvalue weighted by atomic mass is 10.1. The summed E-state index contributed by atoms with van der Waals surface area (Å²) in [6.45, 7) is 7.91. The zero-order chi connectivity index (χ0) is 17.9. The van der Waals surface area contributed by atoms with Gasteiger partial charge in [0.15, 0.2) is 5.69 Å². The number of hydrogen-bond donors (Lipinski definition) is 2. The maximum Gasteiger partial charge on any atom is 0.276 e. The van der Waals surface area contributed by atoms with Gasteiger partial charge in [-0.1, -0.05) is 11.6 Å². The fraction of sp³-hybridized carbons (Fsp3) is 0.353. The Morgan fingerprint density at radius 3 is 2.46 bits per heavy atom. The molecule has 0 fully saturated rings. The molecule has 24 heavy (non-hydrogen) atoms. The third-order valence-electron chi connectivity index (χ3n) is 3.13. The van der Waals surface area contributed by atoms with Crippen molar-refractivity contribution >= 4 is 29.0 Å². The number of halogens is 1. The molecular formula is C17H21ClN4O2. The molecule has 128 valence electrons. The lowest BCUT2D eigenvalue weighted by Gasteiger charge is -2.20. The third-order valence-corrected chi connectivity index (χ3v) is 3.54. The molecule has 0 aliphatic rings. The predicted octanol–water partition coefficient (Wildman–Crippen LogP) is 3.91. The van der Waals surface area contributed by atoms with Crippen LogP contribution in [0.15, 0.2) is 24.3 Å². The molecule has 0 unspecified atom stereocenters. The van der Waals surface area contributed by atoms with E-state index in [0.717, 1.165) is 5.56 Å². The Morgan fingerprint density at radius 2 is 1.92 bits per heavy atom. The Kier molecular flexibility index (Phi) is 5.29. The molecule has 7 heteroatoms. The van der Waals surface area contributed by atoms with Gasteiger partial charge in [-0.2, -0.15) is 0 Å². The first-order chi connectivity index (χ1) is 11.2. The molecule has 0 atom stereocenters. The molecule has 2 rings (SSSR count). The average Bonchev–Trinajstić information content (AvgIpc) is 2.49. The van der Waals surface area contributed by atoms with Crippen LogP contribution in [0.2, 0.25) is 5.02 Å². The third kappa shape index (κ3) is 4.58. The van der Waals surface area contributed by atoms with Crippen molar-refractivity contribution in [2.24, 2.45) is 0 Å². The lowest BCUT2D eigenvalue weighted by Crippen LogP contribution is -2.27. The van der Waals surface area contributed by atoms with Gasteiger partial charge in [0.2, 0.25) is 0 Å². The number of methoxy groups -OCH3 is 1. The molecule has 0 saturated carbocycles. The predicted molar refractivity (Wildman–Crippen MR) is 96.1 cm³/mol. The second-order valence-corrected chi connectivity index (χ2v) is 6.84. The van der Waals surface area contributed by atoms with Crippen LogP contribution in [0.4, 0.5) is 11.5 Å². The molecule has 0 aliphatic heterocycles. The summed E-state index contributed by atoms with van der Waals surface area (Å²) in [4.78, 5) is 12.4. The van der Waals surface area contributed by atoms with Gasteiger partial charge in [0.25, 0.3) is 5.91 Å². The van der Waals surface area contributed by atoms with Gasteiger partial charge in [0.05, 0.1) is 12.8 Å². The molecule has 0 aliphatic carbocycles. The van der Waals surface area contributed by atoms with Crippen molar-refractivity contribution < 1.29 is 9.53 Å². The minimum absolute atomic E-state index is 0.132. The molecule has 6 nitrogen and oxygen atoms in total. The summed E-state index contributed by atoms with van der Waals surface area (Å²) >= 11 is 6.07. The molecule has 1 aromatic heterocycles. The molecule has 0 saturated heterocycles. The van der Waals surface area contributed by atoms with E-state index >= 15 is 0 Å². The smallest absolute Gasteiger partial charge is 0.276 e. The van der Waals surface area contributed by atoms with E-state index < -0.39 is 0 Å². The van der Waals surface area contributed by atoms with Crippen LogP contribution in [0.1, 0.15) is 36.8 Å². The minimum atomic E-state index is -0.371. The van der Waals surface area contributed by atoms with Gasteiger partial charge in [-0.25, -0.2) is 0 Å². The van der Waals surface area contributed by atoms with Crippen LogP contribution in [0.3, 0.4) is 0 Å². The van der Waals surface area contributed by atoms with E-state index in [4.69, 9.17) is 16.3 Å². The van der Waals surface area contributed by atoms with Gasteiger partial charge in [0.1, 0.15) is 11.6 Å². The van der Waals surface area contributed by atoms with Crippen LogP contribution in [0.25, 0.3) is 0 Å². The molecule has 1 heterocycles. The molecule has 1 aromatic carbocycles. The van der Waals surface area contributed by atoms with E-state index in [9.17, 15) is 4.79 Å². The Hall–Kier alpha value is -2.34. The maximum atomic E-state index is 12.4. The van der Waals surface area contributed by atoms with Gasteiger partial charge in [-0.15, -0.1) is 10.2 Å². The van der Waals surface area contributed by atoms with E-state index in [1.165, 1.54) is 7.11 Å². The normalized spacial score (nSPS) is 11.1. The first-order valence-electron chi connectivity index (χ1n) is 7.47. The standard InChI is InChI=1S/C17H21ClN4O2/c1-10-8-13(14(24-5)9-11(10)18)19-16(23)12-6-7-15(22-21-12)20-17(2,3)4/h6-9H,1-5H3,(H,19,23)(H,20,22). The SMILES string of the molecule is COc1cc(Cl)c(C)cc1NC(=O)c1ccc(NC(C)(C)C)nn1. The molecule has 0 bridgehead atoms. The number of nitrogens with one attached hydrogen (secondary N) is 2. The number of rotatable bonds is 4. The Morgan fingerprint density at radius 1 is 1.21 bits per heavy atom. The largest absolute Gasteiger partial charge is 0.495 e. The highest BCUT2D eigenvalue weighted by Gasteiger charge is 2.15. The highest BCUT2D eigenvalue weighted by atomic mass is 35.5. The molecule has 0 radical (unpaired) electrons. The highest BCUT2D eigenvalue weighted by molar-refractivity contribution is 6.31. The fourth-order valence-corrected chi connectivity index (χ4v) is 2.17. The first-order valence-corrected chi connectivity index (χ1v) is 7.85. The van der Waals surface area contributed by atoms with E-state index in [0.29, 0.717) is 22.3 Å². The number of ether oxygens (including phenoxy) is 1. The summed E-state index contributed by atoms with van der Waals surface area (Å²) in [6, 6.07) is 6.75. The van der Waals surface area contributed by atoms with Crippen molar-refractivity contribution in [3.63, 3.8) is 0 Å². The van der Waals surface area contributed by atoms with Crippen LogP contribution in [0.5, 0.6) is 5.75 Å². The number of aromatic nitrogens is 2. The highest BCUT2D eigenvalue weighted by Crippen LogP contribution is 2.31. The topological polar surface area (TPSA) is 76.1 Å². The summed E-state index contributed by atoms with van der Waals surface area (Å²) < 4.78 is 5.25. The van der Waals surface area contributed by atoms with Crippen molar-refractivity contribution in [2.45, 2.75) is 33.2 Å². The van der Waals surface area contributed by atoms with Crippen LogP contribution in [-0.2, 0) is 0 Å². The molecule has 0 spiro atoms. The van der Waals surface area contributed by atoms with Crippen molar-refractivity contribution in [1.82, 2.24) is 10.2 Å². The number of aryl methyl sites for hydroxylation is 1. The van der Waals surface area contributed by atoms with Gasteiger partial charge in [-0.05, 0) is 51.5 Å². The molecule has 2 N–H and O–H groups in total. The fourth-order valence-electron chi connectivity index (χ4n) is 2.02. The van der Waals surface area contributed by atoms with Crippen LogP contribution in [-0.4, -0.2) is 28.8 Å². The average molecular weight is 349 g/mol. The summed E-state index contributed by atoms with van der Waals surface area (Å²) in [5.41, 5.74) is 1.45. The Labute approximate surface area is 146 Å². The number of benzene rings is 1. The molecular weight excluding hydrogens is 328 g/mol. The first kappa shape index (κ1) is 18.0. The zero-order valence-electron chi connectivity index (χ0n) is 14.4. The van der Waals surface area contributed by atoms with Crippen molar-refractivity contribution in [3.8, 4) is 5.75 Å². The van der Waals surface area contributed by atoms with Crippen LogP contribution < -0.4 is 15.4 Å². The Bertz CT molecular complexity index is 739. The van der Waals surface area contributed by atoms with E-state index in [2.05, 4.69) is 20.8 Å². The zero-order valence-corrected chi connectivity index (χ0v) is 15.2.